The summed E-state index contributed by atoms with van der Waals surface area (Å²) in [6.45, 7) is 1.27. The Bertz CT molecular complexity index is 543. The summed E-state index contributed by atoms with van der Waals surface area (Å²) in [4.78, 5) is 14.9. The maximum atomic E-state index is 12.2. The number of Topliss-reactive ketones (excluding diaryl/α,β-unsaturated/α-hetero) is 1. The van der Waals surface area contributed by atoms with Gasteiger partial charge in [-0.15, -0.1) is 0 Å². The summed E-state index contributed by atoms with van der Waals surface area (Å²) < 4.78 is 40.1. The molecule has 0 fully saturated rings. The third-order valence-corrected chi connectivity index (χ3v) is 2.66. The maximum Gasteiger partial charge on any atom is 0.454 e. The Morgan fingerprint density at radius 2 is 1.95 bits per heavy atom. The van der Waals surface area contributed by atoms with Gasteiger partial charge < -0.3 is 9.13 Å². The molecular weight excluding hydrogens is 259 g/mol. The highest BCUT2D eigenvalue weighted by Gasteiger charge is 2.39. The number of imidazole rings is 1. The highest BCUT2D eigenvalue weighted by molar-refractivity contribution is 6.00. The fourth-order valence-electron chi connectivity index (χ4n) is 1.73. The lowest BCUT2D eigenvalue weighted by atomic mass is 10.2. The zero-order chi connectivity index (χ0) is 13.9. The van der Waals surface area contributed by atoms with Gasteiger partial charge in [0.15, 0.2) is 0 Å². The molecule has 0 spiro atoms. The van der Waals surface area contributed by atoms with E-state index in [9.17, 15) is 18.0 Å². The van der Waals surface area contributed by atoms with Crippen molar-refractivity contribution in [2.45, 2.75) is 25.7 Å². The number of aromatic nitrogens is 3. The molecule has 2 rings (SSSR count). The van der Waals surface area contributed by atoms with Gasteiger partial charge in [-0.25, -0.2) is 4.98 Å². The lowest BCUT2D eigenvalue weighted by Gasteiger charge is -2.04. The van der Waals surface area contributed by atoms with Gasteiger partial charge >= 0.3 is 6.18 Å². The van der Waals surface area contributed by atoms with Crippen molar-refractivity contribution in [2.24, 2.45) is 0 Å². The molecule has 0 aliphatic heterocycles. The summed E-state index contributed by atoms with van der Waals surface area (Å²) in [6, 6.07) is 1.19. The molecule has 0 amide bonds. The second-order valence-electron chi connectivity index (χ2n) is 4.12. The van der Waals surface area contributed by atoms with Crippen molar-refractivity contribution >= 4 is 5.78 Å². The largest absolute Gasteiger partial charge is 0.454 e. The fraction of sp³-hybridized carbons (Fsp3) is 0.333. The summed E-state index contributed by atoms with van der Waals surface area (Å²) >= 11 is 0. The molecule has 19 heavy (non-hydrogen) atoms. The van der Waals surface area contributed by atoms with E-state index >= 15 is 0 Å². The van der Waals surface area contributed by atoms with E-state index in [4.69, 9.17) is 0 Å². The van der Waals surface area contributed by atoms with E-state index in [-0.39, 0.29) is 5.56 Å². The Hall–Kier alpha value is -2.05. The standard InChI is InChI=1S/C12H12F3N3O/c13-12(14,15)11(19)10-2-6-17(8-10)4-1-5-18-7-3-16-9-18/h2-3,6-9H,1,4-5H2. The van der Waals surface area contributed by atoms with Crippen LogP contribution >= 0.6 is 0 Å². The number of aryl methyl sites for hydroxylation is 2. The minimum atomic E-state index is -4.82. The minimum absolute atomic E-state index is 0.324. The Balaban J connectivity index is 1.89. The smallest absolute Gasteiger partial charge is 0.353 e. The van der Waals surface area contributed by atoms with E-state index < -0.39 is 12.0 Å². The second kappa shape index (κ2) is 5.29. The van der Waals surface area contributed by atoms with Gasteiger partial charge in [-0.3, -0.25) is 4.79 Å². The summed E-state index contributed by atoms with van der Waals surface area (Å²) in [5, 5.41) is 0. The lowest BCUT2D eigenvalue weighted by molar-refractivity contribution is -0.0885. The molecule has 0 saturated carbocycles. The second-order valence-corrected chi connectivity index (χ2v) is 4.12. The van der Waals surface area contributed by atoms with Crippen molar-refractivity contribution < 1.29 is 18.0 Å². The number of carbonyl (C=O) groups is 1. The fourth-order valence-corrected chi connectivity index (χ4v) is 1.73. The molecule has 0 N–H and O–H groups in total. The summed E-state index contributed by atoms with van der Waals surface area (Å²) in [6.07, 6.45) is 3.78. The molecule has 0 bridgehead atoms. The zero-order valence-electron chi connectivity index (χ0n) is 9.97. The van der Waals surface area contributed by atoms with Gasteiger partial charge in [-0.1, -0.05) is 0 Å². The van der Waals surface area contributed by atoms with Gasteiger partial charge in [-0.2, -0.15) is 13.2 Å². The number of ketones is 1. The molecule has 0 saturated heterocycles. The zero-order valence-corrected chi connectivity index (χ0v) is 9.97. The molecule has 7 heteroatoms. The van der Waals surface area contributed by atoms with Crippen LogP contribution in [0, 0.1) is 0 Å². The molecule has 0 aromatic carbocycles. The van der Waals surface area contributed by atoms with Gasteiger partial charge in [0.05, 0.1) is 6.33 Å². The van der Waals surface area contributed by atoms with Crippen molar-refractivity contribution in [3.8, 4) is 0 Å². The van der Waals surface area contributed by atoms with E-state index in [1.165, 1.54) is 18.5 Å². The van der Waals surface area contributed by atoms with Crippen LogP contribution in [0.1, 0.15) is 16.8 Å². The number of halogens is 3. The predicted octanol–water partition coefficient (Wildman–Crippen LogP) is 2.52. The van der Waals surface area contributed by atoms with Crippen LogP contribution in [0.5, 0.6) is 0 Å². The van der Waals surface area contributed by atoms with Gasteiger partial charge in [0, 0.05) is 43.4 Å². The summed E-state index contributed by atoms with van der Waals surface area (Å²) in [5.74, 6) is -1.80. The van der Waals surface area contributed by atoms with Crippen molar-refractivity contribution in [1.82, 2.24) is 14.1 Å². The van der Waals surface area contributed by atoms with Crippen LogP contribution in [0.4, 0.5) is 13.2 Å². The van der Waals surface area contributed by atoms with Crippen LogP contribution in [0.3, 0.4) is 0 Å². The van der Waals surface area contributed by atoms with Crippen LogP contribution in [-0.4, -0.2) is 26.1 Å². The SMILES string of the molecule is O=C(c1ccn(CCCn2ccnc2)c1)C(F)(F)F. The van der Waals surface area contributed by atoms with Crippen LogP contribution < -0.4 is 0 Å². The molecule has 0 unspecified atom stereocenters. The monoisotopic (exact) mass is 271 g/mol. The van der Waals surface area contributed by atoms with E-state index in [1.54, 1.807) is 17.1 Å². The first-order chi connectivity index (χ1) is 8.97. The van der Waals surface area contributed by atoms with Crippen molar-refractivity contribution in [3.05, 3.63) is 42.7 Å². The molecule has 2 aromatic heterocycles. The third kappa shape index (κ3) is 3.46. The van der Waals surface area contributed by atoms with Crippen LogP contribution in [0.15, 0.2) is 37.2 Å². The molecule has 2 heterocycles. The van der Waals surface area contributed by atoms with Gasteiger partial charge in [0.1, 0.15) is 0 Å². The predicted molar refractivity (Wildman–Crippen MR) is 61.7 cm³/mol. The maximum absolute atomic E-state index is 12.2. The van der Waals surface area contributed by atoms with Crippen LogP contribution in [0.25, 0.3) is 0 Å². The number of carbonyl (C=O) groups excluding carboxylic acids is 1. The Labute approximate surface area is 107 Å². The number of nitrogens with zero attached hydrogens (tertiary/aromatic N) is 3. The molecule has 102 valence electrons. The lowest BCUT2D eigenvalue weighted by Crippen LogP contribution is -2.22. The topological polar surface area (TPSA) is 39.8 Å². The molecule has 0 atom stereocenters. The van der Waals surface area contributed by atoms with Crippen molar-refractivity contribution in [2.75, 3.05) is 0 Å². The number of rotatable bonds is 5. The van der Waals surface area contributed by atoms with Gasteiger partial charge in [-0.05, 0) is 12.5 Å². The molecule has 0 aliphatic carbocycles. The Morgan fingerprint density at radius 3 is 2.58 bits per heavy atom. The van der Waals surface area contributed by atoms with E-state index in [0.717, 1.165) is 13.0 Å². The van der Waals surface area contributed by atoms with E-state index in [2.05, 4.69) is 4.98 Å². The first-order valence-electron chi connectivity index (χ1n) is 5.70. The molecule has 0 radical (unpaired) electrons. The highest BCUT2D eigenvalue weighted by atomic mass is 19.4. The average molecular weight is 271 g/mol. The highest BCUT2D eigenvalue weighted by Crippen LogP contribution is 2.21. The van der Waals surface area contributed by atoms with Crippen molar-refractivity contribution in [3.63, 3.8) is 0 Å². The molecule has 4 nitrogen and oxygen atoms in total. The number of hydrogen-bond donors (Lipinski definition) is 0. The first kappa shape index (κ1) is 13.4. The summed E-state index contributed by atoms with van der Waals surface area (Å²) in [7, 11) is 0. The van der Waals surface area contributed by atoms with Crippen molar-refractivity contribution in [1.29, 1.82) is 0 Å². The van der Waals surface area contributed by atoms with E-state index in [0.29, 0.717) is 6.54 Å². The van der Waals surface area contributed by atoms with E-state index in [1.807, 2.05) is 10.8 Å². The number of hydrogen-bond acceptors (Lipinski definition) is 2. The first-order valence-corrected chi connectivity index (χ1v) is 5.70. The average Bonchev–Trinajstić information content (AvgIpc) is 2.97. The molecular formula is C12H12F3N3O. The van der Waals surface area contributed by atoms with Crippen LogP contribution in [0.2, 0.25) is 0 Å². The van der Waals surface area contributed by atoms with Gasteiger partial charge in [0.2, 0.25) is 0 Å². The normalized spacial score (nSPS) is 11.7. The Morgan fingerprint density at radius 1 is 1.21 bits per heavy atom. The minimum Gasteiger partial charge on any atom is -0.353 e. The third-order valence-electron chi connectivity index (χ3n) is 2.66. The number of alkyl halides is 3. The quantitative estimate of drug-likeness (QED) is 0.784. The molecule has 2 aromatic rings. The molecule has 0 aliphatic rings. The van der Waals surface area contributed by atoms with Gasteiger partial charge in [0.25, 0.3) is 5.78 Å². The van der Waals surface area contributed by atoms with Crippen LogP contribution in [-0.2, 0) is 13.1 Å². The Kier molecular flexibility index (Phi) is 3.73. The summed E-state index contributed by atoms with van der Waals surface area (Å²) in [5.41, 5.74) is -0.324.